The minimum Gasteiger partial charge on any atom is -0.460 e. The number of carbonyl (C=O) groups excluding carboxylic acids is 2. The van der Waals surface area contributed by atoms with Crippen LogP contribution in [0.4, 0.5) is 8.78 Å². The number of aliphatic hydroxyl groups is 1. The molecule has 0 aliphatic heterocycles. The van der Waals surface area contributed by atoms with Crippen LogP contribution in [0.1, 0.15) is 33.4 Å². The van der Waals surface area contributed by atoms with Crippen LogP contribution in [0.5, 0.6) is 0 Å². The van der Waals surface area contributed by atoms with Crippen molar-refractivity contribution in [1.82, 2.24) is 9.80 Å². The zero-order valence-corrected chi connectivity index (χ0v) is 32.8. The quantitative estimate of drug-likeness (QED) is 0.0767. The predicted octanol–water partition coefficient (Wildman–Crippen LogP) is 8.83. The summed E-state index contributed by atoms with van der Waals surface area (Å²) < 4.78 is 41.2. The van der Waals surface area contributed by atoms with Crippen molar-refractivity contribution < 1.29 is 37.7 Å². The van der Waals surface area contributed by atoms with Crippen LogP contribution in [-0.2, 0) is 63.2 Å². The number of aliphatic hydroxyl groups excluding tert-OH is 1. The van der Waals surface area contributed by atoms with Crippen molar-refractivity contribution in [1.29, 1.82) is 0 Å². The third-order valence-corrected chi connectivity index (χ3v) is 9.34. The largest absolute Gasteiger partial charge is 0.460 e. The number of rotatable bonds is 20. The molecule has 0 unspecified atom stereocenters. The number of halogens is 2. The summed E-state index contributed by atoms with van der Waals surface area (Å²) in [5, 5.41) is 9.98. The van der Waals surface area contributed by atoms with E-state index >= 15 is 0 Å². The smallest absolute Gasteiger partial charge is 0.345 e. The van der Waals surface area contributed by atoms with Gasteiger partial charge in [-0.25, -0.2) is 0 Å². The summed E-state index contributed by atoms with van der Waals surface area (Å²) in [6.07, 6.45) is 0. The molecule has 2 atom stereocenters. The lowest BCUT2D eigenvalue weighted by Gasteiger charge is -2.30. The molecule has 1 N–H and O–H groups in total. The van der Waals surface area contributed by atoms with Crippen molar-refractivity contribution >= 4 is 11.9 Å². The highest BCUT2D eigenvalue weighted by atomic mass is 19.3. The van der Waals surface area contributed by atoms with Gasteiger partial charge in [-0.15, -0.1) is 0 Å². The summed E-state index contributed by atoms with van der Waals surface area (Å²) >= 11 is 0. The van der Waals surface area contributed by atoms with Gasteiger partial charge in [0.1, 0.15) is 25.3 Å². The number of alkyl halides is 2. The molecule has 0 aliphatic carbocycles. The highest BCUT2D eigenvalue weighted by molar-refractivity contribution is 5.76. The average molecular weight is 801 g/mol. The predicted molar refractivity (Wildman–Crippen MR) is 223 cm³/mol. The molecule has 0 aromatic heterocycles. The van der Waals surface area contributed by atoms with Gasteiger partial charge < -0.3 is 19.3 Å². The lowest BCUT2D eigenvalue weighted by Crippen LogP contribution is -2.45. The average Bonchev–Trinajstić information content (AvgIpc) is 3.27. The van der Waals surface area contributed by atoms with E-state index in [1.807, 2.05) is 187 Å². The summed E-state index contributed by atoms with van der Waals surface area (Å²) in [5.74, 6) is -1.02. The Morgan fingerprint density at radius 3 is 1.00 bits per heavy atom. The van der Waals surface area contributed by atoms with Gasteiger partial charge in [0, 0.05) is 26.2 Å². The molecule has 0 heterocycles. The van der Waals surface area contributed by atoms with Gasteiger partial charge in [-0.3, -0.25) is 19.4 Å². The number of hydrogen-bond donors (Lipinski definition) is 1. The molecule has 10 heteroatoms. The van der Waals surface area contributed by atoms with Crippen molar-refractivity contribution in [2.45, 2.75) is 58.1 Å². The molecule has 0 saturated carbocycles. The topological polar surface area (TPSA) is 88.5 Å². The van der Waals surface area contributed by atoms with Crippen LogP contribution < -0.4 is 0 Å². The summed E-state index contributed by atoms with van der Waals surface area (Å²) in [4.78, 5) is 29.5. The van der Waals surface area contributed by atoms with Gasteiger partial charge in [0.25, 0.3) is 0 Å². The van der Waals surface area contributed by atoms with Crippen molar-refractivity contribution in [3.8, 4) is 0 Å². The first-order chi connectivity index (χ1) is 28.9. The van der Waals surface area contributed by atoms with Gasteiger partial charge in [0.15, 0.2) is 0 Å². The molecule has 306 valence electrons. The molecule has 59 heavy (non-hydrogen) atoms. The Morgan fingerprint density at radius 2 is 0.712 bits per heavy atom. The molecular formula is C49H50F2N2O6. The van der Waals surface area contributed by atoms with Gasteiger partial charge in [0.05, 0.1) is 13.2 Å². The zero-order valence-electron chi connectivity index (χ0n) is 32.8. The van der Waals surface area contributed by atoms with Crippen molar-refractivity contribution in [3.05, 3.63) is 215 Å². The number of ether oxygens (including phenoxy) is 3. The van der Waals surface area contributed by atoms with E-state index in [1.165, 1.54) is 0 Å². The number of nitrogens with zero attached hydrogens (tertiary/aromatic N) is 2. The second-order valence-electron chi connectivity index (χ2n) is 13.7. The Labute approximate surface area is 345 Å². The Hall–Kier alpha value is -6.04. The van der Waals surface area contributed by atoms with Crippen LogP contribution in [-0.4, -0.2) is 58.8 Å². The normalized spacial score (nSPS) is 12.0. The standard InChI is InChI=1S/C25H25F2NO3.C24H25NO3/c26-25(27)31-19-23(24(29)30-18-22-14-8-3-9-15-22)28(16-20-10-4-1-5-11-20)17-21-12-6-2-7-13-21;26-18-23(24(27)28-19-22-14-8-3-9-15-22)25(16-20-10-4-1-5-11-20)17-21-12-6-2-7-13-21/h1-15,23,25H,16-19H2;1-15,23,26H,16-19H2/t2*23-/m00/s1. The van der Waals surface area contributed by atoms with E-state index < -0.39 is 37.2 Å². The van der Waals surface area contributed by atoms with Crippen LogP contribution in [0.2, 0.25) is 0 Å². The summed E-state index contributed by atoms with van der Waals surface area (Å²) in [5.41, 5.74) is 5.81. The third-order valence-electron chi connectivity index (χ3n) is 9.34. The minimum atomic E-state index is -2.97. The molecule has 0 saturated heterocycles. The van der Waals surface area contributed by atoms with E-state index in [4.69, 9.17) is 9.47 Å². The molecule has 6 aromatic carbocycles. The molecule has 0 radical (unpaired) electrons. The maximum absolute atomic E-state index is 13.0. The molecule has 6 rings (SSSR count). The van der Waals surface area contributed by atoms with Crippen LogP contribution in [0.3, 0.4) is 0 Å². The van der Waals surface area contributed by atoms with E-state index in [9.17, 15) is 23.5 Å². The van der Waals surface area contributed by atoms with E-state index in [0.29, 0.717) is 26.2 Å². The highest BCUT2D eigenvalue weighted by Gasteiger charge is 2.30. The summed E-state index contributed by atoms with van der Waals surface area (Å²) in [6, 6.07) is 56.0. The molecule has 0 bridgehead atoms. The Balaban J connectivity index is 0.000000225. The highest BCUT2D eigenvalue weighted by Crippen LogP contribution is 2.18. The van der Waals surface area contributed by atoms with Gasteiger partial charge in [-0.2, -0.15) is 8.78 Å². The molecule has 0 fully saturated rings. The van der Waals surface area contributed by atoms with E-state index in [-0.39, 0.29) is 19.8 Å². The van der Waals surface area contributed by atoms with E-state index in [1.54, 1.807) is 4.90 Å². The lowest BCUT2D eigenvalue weighted by atomic mass is 10.1. The zero-order chi connectivity index (χ0) is 41.5. The first kappa shape index (κ1) is 44.1. The van der Waals surface area contributed by atoms with E-state index in [2.05, 4.69) is 4.74 Å². The van der Waals surface area contributed by atoms with Crippen LogP contribution in [0, 0.1) is 0 Å². The minimum absolute atomic E-state index is 0.0648. The Morgan fingerprint density at radius 1 is 0.441 bits per heavy atom. The van der Waals surface area contributed by atoms with Gasteiger partial charge in [-0.1, -0.05) is 182 Å². The fraction of sp³-hybridized carbons (Fsp3) is 0.224. The van der Waals surface area contributed by atoms with Gasteiger partial charge >= 0.3 is 18.6 Å². The number of hydrogen-bond acceptors (Lipinski definition) is 8. The van der Waals surface area contributed by atoms with Gasteiger partial charge in [-0.05, 0) is 33.4 Å². The molecule has 0 amide bonds. The Bertz CT molecular complexity index is 1970. The maximum Gasteiger partial charge on any atom is 0.345 e. The van der Waals surface area contributed by atoms with Crippen molar-refractivity contribution in [2.75, 3.05) is 13.2 Å². The fourth-order valence-electron chi connectivity index (χ4n) is 6.30. The lowest BCUT2D eigenvalue weighted by molar-refractivity contribution is -0.168. The molecule has 0 aliphatic rings. The second kappa shape index (κ2) is 24.7. The monoisotopic (exact) mass is 800 g/mol. The maximum atomic E-state index is 13.0. The Kier molecular flexibility index (Phi) is 18.4. The first-order valence-electron chi connectivity index (χ1n) is 19.4. The fourth-order valence-corrected chi connectivity index (χ4v) is 6.30. The number of esters is 2. The molecule has 8 nitrogen and oxygen atoms in total. The summed E-state index contributed by atoms with van der Waals surface area (Å²) in [7, 11) is 0. The third kappa shape index (κ3) is 15.7. The second-order valence-corrected chi connectivity index (χ2v) is 13.7. The van der Waals surface area contributed by atoms with Crippen molar-refractivity contribution in [2.24, 2.45) is 0 Å². The number of carbonyl (C=O) groups is 2. The van der Waals surface area contributed by atoms with E-state index in [0.717, 1.165) is 33.4 Å². The molecular weight excluding hydrogens is 751 g/mol. The van der Waals surface area contributed by atoms with Gasteiger partial charge in [0.2, 0.25) is 0 Å². The first-order valence-corrected chi connectivity index (χ1v) is 19.4. The molecule has 0 spiro atoms. The SMILES string of the molecule is O=C(OCc1ccccc1)[C@H](CO)N(Cc1ccccc1)Cc1ccccc1.O=C(OCc1ccccc1)[C@H](COC(F)F)N(Cc1ccccc1)Cc1ccccc1. The van der Waals surface area contributed by atoms with Crippen LogP contribution in [0.15, 0.2) is 182 Å². The van der Waals surface area contributed by atoms with Crippen molar-refractivity contribution in [3.63, 3.8) is 0 Å². The molecule has 6 aromatic rings. The van der Waals surface area contributed by atoms with Crippen LogP contribution in [0.25, 0.3) is 0 Å². The number of benzene rings is 6. The van der Waals surface area contributed by atoms with Crippen LogP contribution >= 0.6 is 0 Å². The summed E-state index contributed by atoms with van der Waals surface area (Å²) in [6.45, 7) is -1.63.